The molecule has 1 saturated heterocycles. The Hall–Kier alpha value is -2.23. The first-order chi connectivity index (χ1) is 13.4. The first kappa shape index (κ1) is 20.5. The van der Waals surface area contributed by atoms with Crippen LogP contribution in [0, 0.1) is 6.92 Å². The molecule has 3 rings (SSSR count). The molecule has 28 heavy (non-hydrogen) atoms. The minimum Gasteiger partial charge on any atom is -0.459 e. The normalized spacial score (nSPS) is 15.6. The van der Waals surface area contributed by atoms with Crippen molar-refractivity contribution in [2.75, 3.05) is 18.4 Å². The number of hydrogen-bond acceptors (Lipinski definition) is 5. The Morgan fingerprint density at radius 2 is 1.86 bits per heavy atom. The predicted molar refractivity (Wildman–Crippen MR) is 111 cm³/mol. The van der Waals surface area contributed by atoms with Gasteiger partial charge in [-0.2, -0.15) is 4.31 Å². The summed E-state index contributed by atoms with van der Waals surface area (Å²) < 4.78 is 32.8. The van der Waals surface area contributed by atoms with Crippen LogP contribution in [0.5, 0.6) is 0 Å². The number of benzene rings is 1. The van der Waals surface area contributed by atoms with Gasteiger partial charge in [0.15, 0.2) is 10.9 Å². The van der Waals surface area contributed by atoms with Crippen LogP contribution in [-0.2, 0) is 10.0 Å². The average Bonchev–Trinajstić information content (AvgIpc) is 3.05. The Bertz CT molecular complexity index is 948. The Morgan fingerprint density at radius 3 is 2.50 bits per heavy atom. The van der Waals surface area contributed by atoms with E-state index in [4.69, 9.17) is 16.6 Å². The van der Waals surface area contributed by atoms with Crippen molar-refractivity contribution < 1.29 is 17.6 Å². The fraction of sp³-hybridized carbons (Fsp3) is 0.368. The minimum absolute atomic E-state index is 0.0587. The molecule has 1 amide bonds. The van der Waals surface area contributed by atoms with E-state index >= 15 is 0 Å². The van der Waals surface area contributed by atoms with Gasteiger partial charge in [-0.15, -0.1) is 0 Å². The van der Waals surface area contributed by atoms with Crippen molar-refractivity contribution in [1.29, 1.82) is 0 Å². The first-order valence-electron chi connectivity index (χ1n) is 9.14. The van der Waals surface area contributed by atoms with E-state index in [-0.39, 0.29) is 15.8 Å². The molecule has 2 heterocycles. The summed E-state index contributed by atoms with van der Waals surface area (Å²) in [5.74, 6) is -0.343. The van der Waals surface area contributed by atoms with E-state index < -0.39 is 15.9 Å². The van der Waals surface area contributed by atoms with Crippen LogP contribution >= 0.6 is 12.2 Å². The van der Waals surface area contributed by atoms with Crippen LogP contribution in [-0.4, -0.2) is 36.8 Å². The molecule has 1 aromatic carbocycles. The van der Waals surface area contributed by atoms with Gasteiger partial charge in [0, 0.05) is 18.8 Å². The summed E-state index contributed by atoms with van der Waals surface area (Å²) >= 11 is 5.15. The zero-order valence-corrected chi connectivity index (χ0v) is 17.2. The molecule has 1 aliphatic rings. The van der Waals surface area contributed by atoms with Crippen molar-refractivity contribution in [2.45, 2.75) is 37.5 Å². The summed E-state index contributed by atoms with van der Waals surface area (Å²) in [6, 6.07) is 8.13. The summed E-state index contributed by atoms with van der Waals surface area (Å²) in [5, 5.41) is 5.43. The third-order valence-corrected chi connectivity index (χ3v) is 6.85. The number of carbonyl (C=O) groups excluding carboxylic acids is 1. The SMILES string of the molecule is Cc1ccc(NC(=S)NC(=O)c2ccco2)cc1S(=O)(=O)N1CCCCCC1. The molecule has 1 aliphatic heterocycles. The fourth-order valence-electron chi connectivity index (χ4n) is 3.11. The maximum atomic E-state index is 13.1. The van der Waals surface area contributed by atoms with Crippen molar-refractivity contribution in [3.05, 3.63) is 47.9 Å². The molecule has 150 valence electrons. The topological polar surface area (TPSA) is 91.6 Å². The van der Waals surface area contributed by atoms with Gasteiger partial charge in [0.1, 0.15) is 0 Å². The van der Waals surface area contributed by atoms with Gasteiger partial charge in [0.25, 0.3) is 5.91 Å². The second kappa shape index (κ2) is 8.85. The van der Waals surface area contributed by atoms with Crippen LogP contribution in [0.25, 0.3) is 0 Å². The summed E-state index contributed by atoms with van der Waals surface area (Å²) in [6.45, 7) is 2.85. The third-order valence-electron chi connectivity index (χ3n) is 4.60. The Labute approximate surface area is 170 Å². The van der Waals surface area contributed by atoms with Crippen molar-refractivity contribution in [1.82, 2.24) is 9.62 Å². The highest BCUT2D eigenvalue weighted by atomic mass is 32.2. The number of furan rings is 1. The molecule has 0 saturated carbocycles. The van der Waals surface area contributed by atoms with Gasteiger partial charge in [-0.3, -0.25) is 10.1 Å². The zero-order valence-electron chi connectivity index (χ0n) is 15.6. The molecule has 9 heteroatoms. The molecule has 0 atom stereocenters. The maximum absolute atomic E-state index is 13.1. The number of nitrogens with one attached hydrogen (secondary N) is 2. The van der Waals surface area contributed by atoms with Crippen LogP contribution in [0.3, 0.4) is 0 Å². The van der Waals surface area contributed by atoms with Gasteiger partial charge in [-0.1, -0.05) is 18.9 Å². The second-order valence-corrected chi connectivity index (χ2v) is 9.00. The fourth-order valence-corrected chi connectivity index (χ4v) is 5.09. The largest absolute Gasteiger partial charge is 0.459 e. The summed E-state index contributed by atoms with van der Waals surface area (Å²) in [6.07, 6.45) is 5.25. The molecule has 2 N–H and O–H groups in total. The molecule has 7 nitrogen and oxygen atoms in total. The highest BCUT2D eigenvalue weighted by molar-refractivity contribution is 7.89. The summed E-state index contributed by atoms with van der Waals surface area (Å²) in [4.78, 5) is 12.2. The molecule has 0 unspecified atom stereocenters. The van der Waals surface area contributed by atoms with Gasteiger partial charge < -0.3 is 9.73 Å². The lowest BCUT2D eigenvalue weighted by Gasteiger charge is -2.21. The lowest BCUT2D eigenvalue weighted by molar-refractivity contribution is 0.0950. The number of nitrogens with zero attached hydrogens (tertiary/aromatic N) is 1. The molecule has 0 spiro atoms. The van der Waals surface area contributed by atoms with Crippen LogP contribution in [0.15, 0.2) is 45.9 Å². The highest BCUT2D eigenvalue weighted by Crippen LogP contribution is 2.25. The van der Waals surface area contributed by atoms with Crippen molar-refractivity contribution in [2.24, 2.45) is 0 Å². The first-order valence-corrected chi connectivity index (χ1v) is 11.0. The minimum atomic E-state index is -3.59. The van der Waals surface area contributed by atoms with Gasteiger partial charge in [0.05, 0.1) is 11.2 Å². The maximum Gasteiger partial charge on any atom is 0.293 e. The van der Waals surface area contributed by atoms with E-state index in [0.29, 0.717) is 24.3 Å². The van der Waals surface area contributed by atoms with E-state index in [2.05, 4.69) is 10.6 Å². The number of amides is 1. The Morgan fingerprint density at radius 1 is 1.14 bits per heavy atom. The number of aryl methyl sites for hydroxylation is 1. The summed E-state index contributed by atoms with van der Waals surface area (Å²) in [5.41, 5.74) is 1.16. The molecular weight excluding hydrogens is 398 g/mol. The van der Waals surface area contributed by atoms with Gasteiger partial charge >= 0.3 is 0 Å². The van der Waals surface area contributed by atoms with E-state index in [9.17, 15) is 13.2 Å². The van der Waals surface area contributed by atoms with E-state index in [1.807, 2.05) is 0 Å². The van der Waals surface area contributed by atoms with Crippen molar-refractivity contribution in [3.8, 4) is 0 Å². The number of anilines is 1. The third kappa shape index (κ3) is 4.78. The second-order valence-electron chi connectivity index (χ2n) is 6.68. The van der Waals surface area contributed by atoms with E-state index in [1.165, 1.54) is 12.3 Å². The average molecular weight is 422 g/mol. The Kier molecular flexibility index (Phi) is 6.48. The van der Waals surface area contributed by atoms with Crippen molar-refractivity contribution >= 4 is 38.9 Å². The number of hydrogen-bond donors (Lipinski definition) is 2. The molecular formula is C19H23N3O4S2. The van der Waals surface area contributed by atoms with E-state index in [0.717, 1.165) is 25.7 Å². The predicted octanol–water partition coefficient (Wildman–Crippen LogP) is 3.28. The molecule has 0 aliphatic carbocycles. The smallest absolute Gasteiger partial charge is 0.293 e. The lowest BCUT2D eigenvalue weighted by atomic mass is 10.2. The van der Waals surface area contributed by atoms with Gasteiger partial charge in [-0.25, -0.2) is 8.42 Å². The molecule has 0 bridgehead atoms. The van der Waals surface area contributed by atoms with Crippen LogP contribution < -0.4 is 10.6 Å². The molecule has 1 fully saturated rings. The molecule has 1 aromatic heterocycles. The van der Waals surface area contributed by atoms with Gasteiger partial charge in [0.2, 0.25) is 10.0 Å². The molecule has 2 aromatic rings. The van der Waals surface area contributed by atoms with Crippen LogP contribution in [0.1, 0.15) is 41.8 Å². The van der Waals surface area contributed by atoms with E-state index in [1.54, 1.807) is 35.5 Å². The lowest BCUT2D eigenvalue weighted by Crippen LogP contribution is -2.34. The van der Waals surface area contributed by atoms with Crippen LogP contribution in [0.4, 0.5) is 5.69 Å². The number of thiocarbonyl (C=S) groups is 1. The summed E-state index contributed by atoms with van der Waals surface area (Å²) in [7, 11) is -3.59. The number of carbonyl (C=O) groups is 1. The van der Waals surface area contributed by atoms with Gasteiger partial charge in [-0.05, 0) is 61.8 Å². The van der Waals surface area contributed by atoms with Crippen molar-refractivity contribution in [3.63, 3.8) is 0 Å². The number of rotatable bonds is 4. The van der Waals surface area contributed by atoms with Crippen LogP contribution in [0.2, 0.25) is 0 Å². The highest BCUT2D eigenvalue weighted by Gasteiger charge is 2.27. The zero-order chi connectivity index (χ0) is 20.1. The quantitative estimate of drug-likeness (QED) is 0.736. The molecule has 0 radical (unpaired) electrons. The monoisotopic (exact) mass is 421 g/mol. The Balaban J connectivity index is 1.75. The standard InChI is InChI=1S/C19H23N3O4S2/c1-14-8-9-15(20-19(27)21-18(23)16-7-6-12-26-16)13-17(14)28(24,25)22-10-4-2-3-5-11-22/h6-9,12-13H,2-5,10-11H2,1H3,(H2,20,21,23,27). The number of sulfonamides is 1.